The van der Waals surface area contributed by atoms with Crippen LogP contribution in [0.2, 0.25) is 0 Å². The molecule has 16 heavy (non-hydrogen) atoms. The summed E-state index contributed by atoms with van der Waals surface area (Å²) >= 11 is 0. The lowest BCUT2D eigenvalue weighted by Gasteiger charge is -2.40. The number of rotatable bonds is 3. The Balaban J connectivity index is 2.10. The third-order valence-electron chi connectivity index (χ3n) is 5.68. The van der Waals surface area contributed by atoms with Gasteiger partial charge >= 0.3 is 0 Å². The van der Waals surface area contributed by atoms with Crippen LogP contribution in [-0.2, 0) is 0 Å². The van der Waals surface area contributed by atoms with Gasteiger partial charge in [-0.1, -0.05) is 25.5 Å². The van der Waals surface area contributed by atoms with Crippen LogP contribution in [0, 0.1) is 16.7 Å². The Labute approximate surface area is 99.9 Å². The van der Waals surface area contributed by atoms with Crippen LogP contribution in [0.1, 0.15) is 59.8 Å². The summed E-state index contributed by atoms with van der Waals surface area (Å²) in [5.41, 5.74) is 1.98. The Bertz CT molecular complexity index is 303. The highest BCUT2D eigenvalue weighted by atomic mass is 16.3. The summed E-state index contributed by atoms with van der Waals surface area (Å²) in [6, 6.07) is 0. The quantitative estimate of drug-likeness (QED) is 0.718. The van der Waals surface area contributed by atoms with E-state index in [0.717, 1.165) is 12.3 Å². The molecule has 0 aromatic carbocycles. The Morgan fingerprint density at radius 1 is 1.38 bits per heavy atom. The zero-order valence-electron chi connectivity index (χ0n) is 11.2. The Morgan fingerprint density at radius 3 is 2.50 bits per heavy atom. The first-order valence-electron chi connectivity index (χ1n) is 6.71. The second-order valence-corrected chi connectivity index (χ2v) is 6.64. The van der Waals surface area contributed by atoms with Gasteiger partial charge in [0.05, 0.1) is 6.10 Å². The summed E-state index contributed by atoms with van der Waals surface area (Å²) in [6.45, 7) is 9.07. The third kappa shape index (κ3) is 1.55. The smallest absolute Gasteiger partial charge is 0.0601 e. The second-order valence-electron chi connectivity index (χ2n) is 6.64. The molecule has 0 radical (unpaired) electrons. The number of hydrogen-bond acceptors (Lipinski definition) is 1. The van der Waals surface area contributed by atoms with Crippen molar-refractivity contribution >= 4 is 0 Å². The van der Waals surface area contributed by atoms with Gasteiger partial charge in [-0.25, -0.2) is 0 Å². The van der Waals surface area contributed by atoms with Crippen LogP contribution in [0.15, 0.2) is 11.6 Å². The van der Waals surface area contributed by atoms with Gasteiger partial charge in [-0.3, -0.25) is 0 Å². The van der Waals surface area contributed by atoms with Crippen molar-refractivity contribution in [1.29, 1.82) is 0 Å². The predicted molar refractivity (Wildman–Crippen MR) is 68.2 cm³/mol. The lowest BCUT2D eigenvalue weighted by molar-refractivity contribution is 0.00200. The molecule has 1 N–H and O–H groups in total. The number of aliphatic hydroxyl groups excluding tert-OH is 1. The minimum Gasteiger partial charge on any atom is -0.393 e. The highest BCUT2D eigenvalue weighted by molar-refractivity contribution is 5.13. The maximum Gasteiger partial charge on any atom is 0.0601 e. The minimum absolute atomic E-state index is 0.0528. The molecule has 0 aliphatic heterocycles. The molecule has 2 rings (SSSR count). The Kier molecular flexibility index (Phi) is 2.94. The first-order valence-corrected chi connectivity index (χ1v) is 6.71. The van der Waals surface area contributed by atoms with Crippen LogP contribution in [0.4, 0.5) is 0 Å². The highest BCUT2D eigenvalue weighted by Gasteiger charge is 2.62. The number of hydrogen-bond donors (Lipinski definition) is 1. The summed E-state index contributed by atoms with van der Waals surface area (Å²) in [7, 11) is 0. The number of fused-ring (bicyclic) bond motifs is 2. The van der Waals surface area contributed by atoms with E-state index in [1.54, 1.807) is 0 Å². The molecule has 4 atom stereocenters. The first kappa shape index (κ1) is 12.2. The zero-order valence-corrected chi connectivity index (χ0v) is 11.2. The van der Waals surface area contributed by atoms with Gasteiger partial charge in [0, 0.05) is 0 Å². The van der Waals surface area contributed by atoms with Crippen molar-refractivity contribution in [3.8, 4) is 0 Å². The van der Waals surface area contributed by atoms with E-state index >= 15 is 0 Å². The molecule has 0 spiro atoms. The third-order valence-corrected chi connectivity index (χ3v) is 5.68. The maximum atomic E-state index is 10.2. The molecule has 0 unspecified atom stereocenters. The monoisotopic (exact) mass is 222 g/mol. The van der Waals surface area contributed by atoms with E-state index in [9.17, 15) is 5.11 Å². The Morgan fingerprint density at radius 2 is 2.06 bits per heavy atom. The molecule has 2 bridgehead atoms. The summed E-state index contributed by atoms with van der Waals surface area (Å²) in [6.07, 6.45) is 8.32. The molecule has 0 heterocycles. The zero-order chi connectivity index (χ0) is 12.0. The fraction of sp³-hybridized carbons (Fsp3) is 0.867. The van der Waals surface area contributed by atoms with Crippen molar-refractivity contribution in [3.63, 3.8) is 0 Å². The van der Waals surface area contributed by atoms with Crippen molar-refractivity contribution in [2.75, 3.05) is 0 Å². The van der Waals surface area contributed by atoms with Crippen molar-refractivity contribution in [2.24, 2.45) is 16.7 Å². The topological polar surface area (TPSA) is 20.2 Å². The Hall–Kier alpha value is -0.300. The van der Waals surface area contributed by atoms with E-state index in [-0.39, 0.29) is 11.5 Å². The molecule has 0 aromatic rings. The van der Waals surface area contributed by atoms with E-state index < -0.39 is 0 Å². The summed E-state index contributed by atoms with van der Waals surface area (Å²) in [4.78, 5) is 0. The van der Waals surface area contributed by atoms with Gasteiger partial charge in [-0.15, -0.1) is 0 Å². The van der Waals surface area contributed by atoms with Crippen molar-refractivity contribution in [3.05, 3.63) is 11.6 Å². The van der Waals surface area contributed by atoms with Gasteiger partial charge in [0.25, 0.3) is 0 Å². The number of aliphatic hydroxyl groups is 1. The molecule has 2 fully saturated rings. The van der Waals surface area contributed by atoms with Gasteiger partial charge < -0.3 is 5.11 Å². The van der Waals surface area contributed by atoms with Crippen LogP contribution in [0.3, 0.4) is 0 Å². The fourth-order valence-corrected chi connectivity index (χ4v) is 4.15. The van der Waals surface area contributed by atoms with Gasteiger partial charge in [0.15, 0.2) is 0 Å². The molecule has 1 nitrogen and oxygen atoms in total. The maximum absolute atomic E-state index is 10.2. The molecule has 2 aliphatic carbocycles. The van der Waals surface area contributed by atoms with E-state index in [4.69, 9.17) is 0 Å². The fourth-order valence-electron chi connectivity index (χ4n) is 4.15. The second kappa shape index (κ2) is 3.87. The largest absolute Gasteiger partial charge is 0.393 e. The van der Waals surface area contributed by atoms with E-state index in [1.165, 1.54) is 31.3 Å². The van der Waals surface area contributed by atoms with Gasteiger partial charge in [-0.05, 0) is 62.7 Å². The highest BCUT2D eigenvalue weighted by Crippen LogP contribution is 2.67. The van der Waals surface area contributed by atoms with E-state index in [2.05, 4.69) is 33.8 Å². The van der Waals surface area contributed by atoms with Crippen LogP contribution >= 0.6 is 0 Å². The molecular weight excluding hydrogens is 196 g/mol. The molecule has 0 aromatic heterocycles. The lowest BCUT2D eigenvalue weighted by Crippen LogP contribution is -2.37. The van der Waals surface area contributed by atoms with E-state index in [0.29, 0.717) is 5.41 Å². The molecular formula is C15H26O. The van der Waals surface area contributed by atoms with Crippen molar-refractivity contribution in [2.45, 2.75) is 65.9 Å². The minimum atomic E-state index is -0.0528. The molecule has 2 saturated carbocycles. The molecule has 92 valence electrons. The van der Waals surface area contributed by atoms with E-state index in [1.807, 2.05) is 0 Å². The normalized spacial score (nSPS) is 46.1. The average molecular weight is 222 g/mol. The molecule has 0 amide bonds. The summed E-state index contributed by atoms with van der Waals surface area (Å²) in [5, 5.41) is 10.2. The number of allylic oxidation sites excluding steroid dienone is 2. The van der Waals surface area contributed by atoms with Gasteiger partial charge in [0.1, 0.15) is 0 Å². The van der Waals surface area contributed by atoms with Crippen molar-refractivity contribution in [1.82, 2.24) is 0 Å². The lowest BCUT2D eigenvalue weighted by atomic mass is 9.66. The molecule has 1 heteroatoms. The summed E-state index contributed by atoms with van der Waals surface area (Å²) < 4.78 is 0. The molecule has 2 aliphatic rings. The van der Waals surface area contributed by atoms with Crippen LogP contribution < -0.4 is 0 Å². The SMILES string of the molecule is CC(C)=CCC[C@@]1(C)[C@@H]2CC[C@@]1(C)[C@H](O)C2. The van der Waals surface area contributed by atoms with Crippen LogP contribution in [0.25, 0.3) is 0 Å². The first-order chi connectivity index (χ1) is 7.40. The van der Waals surface area contributed by atoms with Crippen molar-refractivity contribution < 1.29 is 5.11 Å². The van der Waals surface area contributed by atoms with Crippen LogP contribution in [0.5, 0.6) is 0 Å². The average Bonchev–Trinajstić information content (AvgIpc) is 2.52. The van der Waals surface area contributed by atoms with Gasteiger partial charge in [0.2, 0.25) is 0 Å². The molecule has 0 saturated heterocycles. The predicted octanol–water partition coefficient (Wildman–Crippen LogP) is 3.92. The summed E-state index contributed by atoms with van der Waals surface area (Å²) in [5.74, 6) is 0.762. The van der Waals surface area contributed by atoms with Crippen LogP contribution in [-0.4, -0.2) is 11.2 Å². The van der Waals surface area contributed by atoms with Gasteiger partial charge in [-0.2, -0.15) is 0 Å². The standard InChI is InChI=1S/C15H26O/c1-11(2)6-5-8-14(3)12-7-9-15(14,4)13(16)10-12/h6,12-13,16H,5,7-10H2,1-4H3/t12-,13-,14+,15+/m1/s1.